The monoisotopic (exact) mass is 165 g/mol. The molecular formula is C9H11NO2. The van der Waals surface area contributed by atoms with Crippen LogP contribution in [0.3, 0.4) is 0 Å². The van der Waals surface area contributed by atoms with E-state index in [2.05, 4.69) is 0 Å². The normalized spacial score (nSPS) is 25.2. The molecule has 1 aliphatic carbocycles. The first-order chi connectivity index (χ1) is 5.70. The van der Waals surface area contributed by atoms with Crippen LogP contribution in [-0.2, 0) is 9.59 Å². The van der Waals surface area contributed by atoms with Crippen LogP contribution in [0.1, 0.15) is 19.8 Å². The van der Waals surface area contributed by atoms with Gasteiger partial charge >= 0.3 is 0 Å². The molecule has 1 aliphatic heterocycles. The van der Waals surface area contributed by atoms with E-state index in [1.54, 1.807) is 0 Å². The third kappa shape index (κ3) is 1.05. The highest BCUT2D eigenvalue weighted by atomic mass is 16.2. The van der Waals surface area contributed by atoms with Gasteiger partial charge in [0.15, 0.2) is 0 Å². The summed E-state index contributed by atoms with van der Waals surface area (Å²) in [6.07, 6.45) is 5.00. The molecule has 1 unspecified atom stereocenters. The Kier molecular flexibility index (Phi) is 1.53. The lowest BCUT2D eigenvalue weighted by molar-refractivity contribution is -0.139. The van der Waals surface area contributed by atoms with E-state index in [0.29, 0.717) is 5.92 Å². The summed E-state index contributed by atoms with van der Waals surface area (Å²) in [6, 6.07) is 0.0972. The molecule has 64 valence electrons. The molecule has 0 spiro atoms. The second-order valence-corrected chi connectivity index (χ2v) is 3.46. The van der Waals surface area contributed by atoms with Crippen LogP contribution in [0.4, 0.5) is 0 Å². The SMILES string of the molecule is CC(C1CC1)N1C(=O)C=CC1=O. The lowest BCUT2D eigenvalue weighted by Crippen LogP contribution is -2.39. The highest BCUT2D eigenvalue weighted by Gasteiger charge is 2.37. The molecule has 3 heteroatoms. The highest BCUT2D eigenvalue weighted by Crippen LogP contribution is 2.35. The second-order valence-electron chi connectivity index (χ2n) is 3.46. The highest BCUT2D eigenvalue weighted by molar-refractivity contribution is 6.13. The molecule has 0 bridgehead atoms. The lowest BCUT2D eigenvalue weighted by atomic mass is 10.2. The molecule has 1 fully saturated rings. The summed E-state index contributed by atoms with van der Waals surface area (Å²) in [5.41, 5.74) is 0. The van der Waals surface area contributed by atoms with Gasteiger partial charge in [0.1, 0.15) is 0 Å². The molecule has 0 radical (unpaired) electrons. The van der Waals surface area contributed by atoms with Gasteiger partial charge in [0, 0.05) is 18.2 Å². The van der Waals surface area contributed by atoms with Crippen LogP contribution in [0.2, 0.25) is 0 Å². The molecule has 3 nitrogen and oxygen atoms in total. The minimum Gasteiger partial charge on any atom is -0.272 e. The standard InChI is InChI=1S/C9H11NO2/c1-6(7-2-3-7)10-8(11)4-5-9(10)12/h4-7H,2-3H2,1H3. The van der Waals surface area contributed by atoms with E-state index in [1.807, 2.05) is 6.92 Å². The van der Waals surface area contributed by atoms with Crippen LogP contribution in [0.25, 0.3) is 0 Å². The molecule has 2 rings (SSSR count). The fraction of sp³-hybridized carbons (Fsp3) is 0.556. The van der Waals surface area contributed by atoms with E-state index < -0.39 is 0 Å². The summed E-state index contributed by atoms with van der Waals surface area (Å²) >= 11 is 0. The van der Waals surface area contributed by atoms with Crippen LogP contribution in [0, 0.1) is 5.92 Å². The van der Waals surface area contributed by atoms with Gasteiger partial charge in [0.2, 0.25) is 0 Å². The summed E-state index contributed by atoms with van der Waals surface area (Å²) in [5.74, 6) is 0.247. The molecule has 0 aromatic carbocycles. The molecule has 12 heavy (non-hydrogen) atoms. The van der Waals surface area contributed by atoms with E-state index in [-0.39, 0.29) is 17.9 Å². The van der Waals surface area contributed by atoms with Crippen LogP contribution in [0.15, 0.2) is 12.2 Å². The van der Waals surface area contributed by atoms with Crippen LogP contribution >= 0.6 is 0 Å². The number of carbonyl (C=O) groups excluding carboxylic acids is 2. The van der Waals surface area contributed by atoms with Gasteiger partial charge in [-0.25, -0.2) is 0 Å². The van der Waals surface area contributed by atoms with E-state index in [1.165, 1.54) is 17.1 Å². The van der Waals surface area contributed by atoms with Crippen LogP contribution in [-0.4, -0.2) is 22.8 Å². The number of carbonyl (C=O) groups is 2. The number of hydrogen-bond donors (Lipinski definition) is 0. The van der Waals surface area contributed by atoms with Crippen molar-refractivity contribution in [3.63, 3.8) is 0 Å². The van der Waals surface area contributed by atoms with Crippen LogP contribution < -0.4 is 0 Å². The molecule has 1 heterocycles. The van der Waals surface area contributed by atoms with Crippen molar-refractivity contribution in [2.75, 3.05) is 0 Å². The third-order valence-corrected chi connectivity index (χ3v) is 2.55. The Bertz CT molecular complexity index is 248. The first-order valence-electron chi connectivity index (χ1n) is 4.25. The summed E-state index contributed by atoms with van der Waals surface area (Å²) in [6.45, 7) is 1.94. The third-order valence-electron chi connectivity index (χ3n) is 2.55. The van der Waals surface area contributed by atoms with E-state index >= 15 is 0 Å². The van der Waals surface area contributed by atoms with Crippen molar-refractivity contribution < 1.29 is 9.59 Å². The Hall–Kier alpha value is -1.12. The smallest absolute Gasteiger partial charge is 0.253 e. The van der Waals surface area contributed by atoms with Gasteiger partial charge < -0.3 is 0 Å². The number of hydrogen-bond acceptors (Lipinski definition) is 2. The Morgan fingerprint density at radius 3 is 2.25 bits per heavy atom. The maximum atomic E-state index is 11.2. The number of nitrogens with zero attached hydrogens (tertiary/aromatic N) is 1. The lowest BCUT2D eigenvalue weighted by Gasteiger charge is -2.21. The average Bonchev–Trinajstić information content (AvgIpc) is 2.79. The van der Waals surface area contributed by atoms with Crippen molar-refractivity contribution in [2.24, 2.45) is 5.92 Å². The minimum atomic E-state index is -0.153. The van der Waals surface area contributed by atoms with Gasteiger partial charge in [-0.3, -0.25) is 14.5 Å². The zero-order valence-corrected chi connectivity index (χ0v) is 6.99. The fourth-order valence-corrected chi connectivity index (χ4v) is 1.60. The van der Waals surface area contributed by atoms with E-state index in [4.69, 9.17) is 0 Å². The molecule has 0 aromatic rings. The zero-order valence-electron chi connectivity index (χ0n) is 6.99. The predicted molar refractivity (Wildman–Crippen MR) is 43.2 cm³/mol. The first kappa shape index (κ1) is 7.53. The van der Waals surface area contributed by atoms with Gasteiger partial charge in [-0.1, -0.05) is 0 Å². The van der Waals surface area contributed by atoms with Gasteiger partial charge in [0.05, 0.1) is 0 Å². The van der Waals surface area contributed by atoms with Crippen molar-refractivity contribution >= 4 is 11.8 Å². The van der Waals surface area contributed by atoms with Crippen molar-refractivity contribution in [3.05, 3.63) is 12.2 Å². The Balaban J connectivity index is 2.11. The molecule has 2 aliphatic rings. The van der Waals surface area contributed by atoms with Gasteiger partial charge in [-0.2, -0.15) is 0 Å². The molecular weight excluding hydrogens is 154 g/mol. The molecule has 1 saturated carbocycles. The second kappa shape index (κ2) is 2.44. The quantitative estimate of drug-likeness (QED) is 0.565. The Labute approximate surface area is 71.0 Å². The largest absolute Gasteiger partial charge is 0.272 e. The summed E-state index contributed by atoms with van der Waals surface area (Å²) in [7, 11) is 0. The minimum absolute atomic E-state index is 0.0972. The van der Waals surface area contributed by atoms with Gasteiger partial charge in [-0.15, -0.1) is 0 Å². The van der Waals surface area contributed by atoms with Gasteiger partial charge in [0.25, 0.3) is 11.8 Å². The van der Waals surface area contributed by atoms with Gasteiger partial charge in [-0.05, 0) is 25.7 Å². The summed E-state index contributed by atoms with van der Waals surface area (Å²) in [4.78, 5) is 23.7. The van der Waals surface area contributed by atoms with E-state index in [0.717, 1.165) is 12.8 Å². The Morgan fingerprint density at radius 2 is 1.83 bits per heavy atom. The maximum Gasteiger partial charge on any atom is 0.253 e. The molecule has 0 aromatic heterocycles. The van der Waals surface area contributed by atoms with Crippen LogP contribution in [0.5, 0.6) is 0 Å². The summed E-state index contributed by atoms with van der Waals surface area (Å²) in [5, 5.41) is 0. The van der Waals surface area contributed by atoms with Crippen molar-refractivity contribution in [2.45, 2.75) is 25.8 Å². The average molecular weight is 165 g/mol. The first-order valence-corrected chi connectivity index (χ1v) is 4.25. The predicted octanol–water partition coefficient (Wildman–Crippen LogP) is 0.710. The molecule has 0 saturated heterocycles. The molecule has 1 atom stereocenters. The molecule has 0 N–H and O–H groups in total. The number of rotatable bonds is 2. The topological polar surface area (TPSA) is 37.4 Å². The maximum absolute atomic E-state index is 11.2. The zero-order chi connectivity index (χ0) is 8.72. The number of imide groups is 1. The fourth-order valence-electron chi connectivity index (χ4n) is 1.60. The summed E-state index contributed by atoms with van der Waals surface area (Å²) < 4.78 is 0. The van der Waals surface area contributed by atoms with E-state index in [9.17, 15) is 9.59 Å². The van der Waals surface area contributed by atoms with Crippen molar-refractivity contribution in [3.8, 4) is 0 Å². The van der Waals surface area contributed by atoms with Crippen molar-refractivity contribution in [1.29, 1.82) is 0 Å². The Morgan fingerprint density at radius 1 is 1.33 bits per heavy atom. The van der Waals surface area contributed by atoms with Crippen molar-refractivity contribution in [1.82, 2.24) is 4.90 Å². The molecule has 2 amide bonds. The number of amides is 2.